The Labute approximate surface area is 151 Å². The van der Waals surface area contributed by atoms with Gasteiger partial charge in [-0.2, -0.15) is 5.10 Å². The van der Waals surface area contributed by atoms with Crippen molar-refractivity contribution in [3.05, 3.63) is 41.7 Å². The molecule has 1 saturated heterocycles. The van der Waals surface area contributed by atoms with Crippen LogP contribution in [0.4, 0.5) is 0 Å². The van der Waals surface area contributed by atoms with E-state index in [-0.39, 0.29) is 18.4 Å². The maximum absolute atomic E-state index is 12.5. The molecular weight excluding hydrogens is 332 g/mol. The quantitative estimate of drug-likeness (QED) is 0.729. The highest BCUT2D eigenvalue weighted by Crippen LogP contribution is 2.24. The van der Waals surface area contributed by atoms with E-state index in [0.717, 1.165) is 47.6 Å². The standard InChI is InChI=1S/C18H22N6O2/c1-12-4-2-6-14-17(12)22-15(21-14)9-26-10-16(25)24-7-3-5-13(8-24)18-19-11-20-23-18/h2,4,6,11,13H,3,5,7-10H2,1H3,(H,21,22)(H,19,20,23)/t13-/m1/s1. The maximum Gasteiger partial charge on any atom is 0.248 e. The van der Waals surface area contributed by atoms with E-state index in [0.29, 0.717) is 13.2 Å². The number of fused-ring (bicyclic) bond motifs is 1. The third-order valence-electron chi connectivity index (χ3n) is 4.82. The lowest BCUT2D eigenvalue weighted by Gasteiger charge is -2.31. The van der Waals surface area contributed by atoms with E-state index >= 15 is 0 Å². The zero-order valence-electron chi connectivity index (χ0n) is 14.7. The number of rotatable bonds is 5. The predicted molar refractivity (Wildman–Crippen MR) is 95.4 cm³/mol. The average molecular weight is 354 g/mol. The van der Waals surface area contributed by atoms with Crippen LogP contribution in [-0.4, -0.2) is 55.7 Å². The number of benzene rings is 1. The van der Waals surface area contributed by atoms with Crippen molar-refractivity contribution in [1.29, 1.82) is 0 Å². The molecule has 1 fully saturated rings. The van der Waals surface area contributed by atoms with Crippen LogP contribution < -0.4 is 0 Å². The number of hydrogen-bond donors (Lipinski definition) is 2. The van der Waals surface area contributed by atoms with Gasteiger partial charge in [0.2, 0.25) is 5.91 Å². The summed E-state index contributed by atoms with van der Waals surface area (Å²) in [7, 11) is 0. The van der Waals surface area contributed by atoms with Gasteiger partial charge < -0.3 is 14.6 Å². The second-order valence-corrected chi connectivity index (χ2v) is 6.70. The van der Waals surface area contributed by atoms with Crippen LogP contribution in [0.3, 0.4) is 0 Å². The van der Waals surface area contributed by atoms with Crippen LogP contribution >= 0.6 is 0 Å². The molecule has 4 rings (SSSR count). The van der Waals surface area contributed by atoms with E-state index < -0.39 is 0 Å². The molecule has 0 saturated carbocycles. The number of carbonyl (C=O) groups excluding carboxylic acids is 1. The van der Waals surface area contributed by atoms with Gasteiger partial charge in [-0.05, 0) is 31.4 Å². The number of carbonyl (C=O) groups is 1. The summed E-state index contributed by atoms with van der Waals surface area (Å²) in [6.45, 7) is 3.79. The zero-order chi connectivity index (χ0) is 17.9. The molecule has 0 bridgehead atoms. The minimum absolute atomic E-state index is 0.00140. The Morgan fingerprint density at radius 2 is 2.35 bits per heavy atom. The lowest BCUT2D eigenvalue weighted by atomic mass is 9.97. The van der Waals surface area contributed by atoms with Gasteiger partial charge in [-0.3, -0.25) is 9.89 Å². The number of aryl methyl sites for hydroxylation is 1. The summed E-state index contributed by atoms with van der Waals surface area (Å²) in [4.78, 5) is 26.3. The van der Waals surface area contributed by atoms with Crippen molar-refractivity contribution in [2.75, 3.05) is 19.7 Å². The monoisotopic (exact) mass is 354 g/mol. The Kier molecular flexibility index (Phi) is 4.66. The predicted octanol–water partition coefficient (Wildman–Crippen LogP) is 1.91. The number of aromatic amines is 2. The first-order valence-electron chi connectivity index (χ1n) is 8.85. The molecule has 2 aromatic heterocycles. The molecule has 0 aliphatic carbocycles. The molecule has 8 heteroatoms. The highest BCUT2D eigenvalue weighted by molar-refractivity contribution is 5.78. The third kappa shape index (κ3) is 3.45. The molecule has 0 spiro atoms. The van der Waals surface area contributed by atoms with Crippen molar-refractivity contribution in [2.24, 2.45) is 0 Å². The molecule has 1 aliphatic rings. The average Bonchev–Trinajstić information content (AvgIpc) is 3.32. The number of nitrogens with zero attached hydrogens (tertiary/aromatic N) is 4. The van der Waals surface area contributed by atoms with Crippen LogP contribution in [0.15, 0.2) is 24.5 Å². The molecule has 8 nitrogen and oxygen atoms in total. The van der Waals surface area contributed by atoms with Crippen LogP contribution in [0.25, 0.3) is 11.0 Å². The topological polar surface area (TPSA) is 99.8 Å². The number of likely N-dealkylation sites (tertiary alicyclic amines) is 1. The molecule has 1 amide bonds. The van der Waals surface area contributed by atoms with Crippen LogP contribution in [0.2, 0.25) is 0 Å². The molecule has 26 heavy (non-hydrogen) atoms. The second kappa shape index (κ2) is 7.25. The highest BCUT2D eigenvalue weighted by Gasteiger charge is 2.26. The normalized spacial score (nSPS) is 17.7. The molecule has 2 N–H and O–H groups in total. The van der Waals surface area contributed by atoms with Gasteiger partial charge in [0.05, 0.1) is 11.0 Å². The van der Waals surface area contributed by atoms with Gasteiger partial charge in [0.1, 0.15) is 31.2 Å². The van der Waals surface area contributed by atoms with Crippen molar-refractivity contribution in [3.63, 3.8) is 0 Å². The van der Waals surface area contributed by atoms with Gasteiger partial charge in [-0.15, -0.1) is 0 Å². The summed E-state index contributed by atoms with van der Waals surface area (Å²) in [5.74, 6) is 1.80. The lowest BCUT2D eigenvalue weighted by Crippen LogP contribution is -2.41. The van der Waals surface area contributed by atoms with Crippen molar-refractivity contribution in [2.45, 2.75) is 32.3 Å². The molecule has 1 atom stereocenters. The molecule has 1 aliphatic heterocycles. The summed E-state index contributed by atoms with van der Waals surface area (Å²) >= 11 is 0. The van der Waals surface area contributed by atoms with E-state index in [4.69, 9.17) is 4.74 Å². The summed E-state index contributed by atoms with van der Waals surface area (Å²) in [6, 6.07) is 6.01. The smallest absolute Gasteiger partial charge is 0.248 e. The largest absolute Gasteiger partial charge is 0.364 e. The minimum atomic E-state index is 0.00140. The van der Waals surface area contributed by atoms with E-state index in [1.165, 1.54) is 6.33 Å². The highest BCUT2D eigenvalue weighted by atomic mass is 16.5. The number of amides is 1. The van der Waals surface area contributed by atoms with Crippen LogP contribution in [0.1, 0.15) is 36.0 Å². The van der Waals surface area contributed by atoms with Gasteiger partial charge in [0.15, 0.2) is 0 Å². The summed E-state index contributed by atoms with van der Waals surface area (Å²) < 4.78 is 5.61. The number of aromatic nitrogens is 5. The van der Waals surface area contributed by atoms with Crippen LogP contribution in [-0.2, 0) is 16.1 Å². The number of ether oxygens (including phenoxy) is 1. The Morgan fingerprint density at radius 1 is 1.42 bits per heavy atom. The van der Waals surface area contributed by atoms with Crippen molar-refractivity contribution < 1.29 is 9.53 Å². The molecule has 1 aromatic carbocycles. The molecule has 3 heterocycles. The molecular formula is C18H22N6O2. The van der Waals surface area contributed by atoms with E-state index in [9.17, 15) is 4.79 Å². The van der Waals surface area contributed by atoms with Crippen molar-refractivity contribution in [1.82, 2.24) is 30.0 Å². The maximum atomic E-state index is 12.5. The fourth-order valence-corrected chi connectivity index (χ4v) is 3.46. The Bertz CT molecular complexity index is 888. The van der Waals surface area contributed by atoms with Gasteiger partial charge in [0, 0.05) is 19.0 Å². The van der Waals surface area contributed by atoms with Crippen LogP contribution in [0, 0.1) is 6.92 Å². The second-order valence-electron chi connectivity index (χ2n) is 6.70. The first-order chi connectivity index (χ1) is 12.7. The number of piperidine rings is 1. The lowest BCUT2D eigenvalue weighted by molar-refractivity contribution is -0.137. The zero-order valence-corrected chi connectivity index (χ0v) is 14.7. The SMILES string of the molecule is Cc1cccc2[nH]c(COCC(=O)N3CCC[C@@H](c4ncn[nH]4)C3)nc12. The first kappa shape index (κ1) is 16.7. The molecule has 136 valence electrons. The fourth-order valence-electron chi connectivity index (χ4n) is 3.46. The first-order valence-corrected chi connectivity index (χ1v) is 8.85. The van der Waals surface area contributed by atoms with Crippen molar-refractivity contribution in [3.8, 4) is 0 Å². The molecule has 3 aromatic rings. The third-order valence-corrected chi connectivity index (χ3v) is 4.82. The number of hydrogen-bond acceptors (Lipinski definition) is 5. The fraction of sp³-hybridized carbons (Fsp3) is 0.444. The van der Waals surface area contributed by atoms with Crippen LogP contribution in [0.5, 0.6) is 0 Å². The van der Waals surface area contributed by atoms with E-state index in [1.807, 2.05) is 30.0 Å². The number of nitrogens with one attached hydrogen (secondary N) is 2. The number of H-pyrrole nitrogens is 2. The van der Waals surface area contributed by atoms with Gasteiger partial charge >= 0.3 is 0 Å². The Morgan fingerprint density at radius 3 is 3.15 bits per heavy atom. The van der Waals surface area contributed by atoms with Crippen molar-refractivity contribution >= 4 is 16.9 Å². The number of imidazole rings is 1. The van der Waals surface area contributed by atoms with Gasteiger partial charge in [-0.25, -0.2) is 9.97 Å². The van der Waals surface area contributed by atoms with Gasteiger partial charge in [0.25, 0.3) is 0 Å². The van der Waals surface area contributed by atoms with E-state index in [1.54, 1.807) is 0 Å². The summed E-state index contributed by atoms with van der Waals surface area (Å²) in [6.07, 6.45) is 3.48. The van der Waals surface area contributed by atoms with E-state index in [2.05, 4.69) is 25.1 Å². The summed E-state index contributed by atoms with van der Waals surface area (Å²) in [5, 5.41) is 6.81. The minimum Gasteiger partial charge on any atom is -0.364 e. The Balaban J connectivity index is 1.31. The molecule has 0 radical (unpaired) electrons. The molecule has 0 unspecified atom stereocenters. The summed E-state index contributed by atoms with van der Waals surface area (Å²) in [5.41, 5.74) is 3.05. The Hall–Kier alpha value is -2.74. The van der Waals surface area contributed by atoms with Gasteiger partial charge in [-0.1, -0.05) is 12.1 Å². The number of para-hydroxylation sites is 1.